The molecule has 0 bridgehead atoms. The predicted octanol–water partition coefficient (Wildman–Crippen LogP) is 2.58. The zero-order valence-corrected chi connectivity index (χ0v) is 17.0. The van der Waals surface area contributed by atoms with Gasteiger partial charge in [0, 0.05) is 18.7 Å². The van der Waals surface area contributed by atoms with Crippen LogP contribution in [0.3, 0.4) is 0 Å². The van der Waals surface area contributed by atoms with Crippen LogP contribution < -0.4 is 10.1 Å². The molecule has 1 fully saturated rings. The molecule has 5 rings (SSSR count). The van der Waals surface area contributed by atoms with Gasteiger partial charge >= 0.3 is 6.18 Å². The Hall–Kier alpha value is -2.89. The van der Waals surface area contributed by atoms with E-state index in [-0.39, 0.29) is 35.8 Å². The van der Waals surface area contributed by atoms with Gasteiger partial charge < -0.3 is 24.9 Å². The third kappa shape index (κ3) is 3.87. The number of nitrogens with zero attached hydrogens (tertiary/aromatic N) is 3. The molecule has 3 N–H and O–H groups in total. The number of rotatable bonds is 4. The normalized spacial score (nSPS) is 24.2. The van der Waals surface area contributed by atoms with Gasteiger partial charge in [-0.25, -0.2) is 9.97 Å². The second-order valence-corrected chi connectivity index (χ2v) is 7.87. The molecular formula is C21H22F3N5O3. The van der Waals surface area contributed by atoms with Crippen LogP contribution in [0, 0.1) is 0 Å². The second kappa shape index (κ2) is 8.23. The smallest absolute Gasteiger partial charge is 0.431 e. The summed E-state index contributed by atoms with van der Waals surface area (Å²) in [6.45, 7) is 1.93. The molecule has 1 saturated heterocycles. The molecule has 0 amide bonds. The van der Waals surface area contributed by atoms with Crippen LogP contribution in [-0.4, -0.2) is 70.0 Å². The number of hydrogen-bond donors (Lipinski definition) is 3. The molecule has 3 unspecified atom stereocenters. The minimum absolute atomic E-state index is 0.0884. The maximum Gasteiger partial charge on any atom is 0.431 e. The van der Waals surface area contributed by atoms with E-state index in [1.54, 1.807) is 0 Å². The summed E-state index contributed by atoms with van der Waals surface area (Å²) in [5.41, 5.74) is 0.117. The number of anilines is 1. The second-order valence-electron chi connectivity index (χ2n) is 7.87. The van der Waals surface area contributed by atoms with Gasteiger partial charge in [-0.1, -0.05) is 18.2 Å². The van der Waals surface area contributed by atoms with E-state index in [4.69, 9.17) is 9.47 Å². The Balaban J connectivity index is 1.52. The highest BCUT2D eigenvalue weighted by atomic mass is 19.4. The number of halogens is 3. The molecule has 32 heavy (non-hydrogen) atoms. The van der Waals surface area contributed by atoms with E-state index in [0.717, 1.165) is 11.6 Å². The lowest BCUT2D eigenvalue weighted by Gasteiger charge is -2.44. The average molecular weight is 449 g/mol. The molecule has 2 aromatic heterocycles. The summed E-state index contributed by atoms with van der Waals surface area (Å²) < 4.78 is 51.3. The number of aromatic amines is 1. The standard InChI is InChI=1S/C21H22F3N5O3/c22-21(23,24)17-7-14-19(27-17)25-11-26-20(14)28-18-13-3-1-2-4-16(13)32-10-15(18)29-5-6-31-12(8-29)9-30/h1-4,7,11-12,15,18,30H,5-6,8-10H2,(H2,25,26,27,28). The van der Waals surface area contributed by atoms with Gasteiger partial charge in [0.2, 0.25) is 0 Å². The molecule has 0 saturated carbocycles. The first-order chi connectivity index (χ1) is 15.4. The molecule has 4 heterocycles. The highest BCUT2D eigenvalue weighted by molar-refractivity contribution is 5.88. The van der Waals surface area contributed by atoms with E-state index in [2.05, 4.69) is 25.2 Å². The number of nitrogens with one attached hydrogen (secondary N) is 2. The molecule has 1 aromatic carbocycles. The van der Waals surface area contributed by atoms with E-state index < -0.39 is 11.9 Å². The third-order valence-electron chi connectivity index (χ3n) is 5.91. The number of H-pyrrole nitrogens is 1. The van der Waals surface area contributed by atoms with Gasteiger partial charge in [-0.2, -0.15) is 13.2 Å². The number of alkyl halides is 3. The van der Waals surface area contributed by atoms with Crippen molar-refractivity contribution in [2.24, 2.45) is 0 Å². The van der Waals surface area contributed by atoms with Crippen LogP contribution in [0.4, 0.5) is 19.0 Å². The van der Waals surface area contributed by atoms with Crippen molar-refractivity contribution in [2.45, 2.75) is 24.4 Å². The zero-order chi connectivity index (χ0) is 22.3. The van der Waals surface area contributed by atoms with Crippen LogP contribution >= 0.6 is 0 Å². The van der Waals surface area contributed by atoms with Gasteiger partial charge in [0.1, 0.15) is 35.8 Å². The number of aliphatic hydroxyl groups excluding tert-OH is 1. The number of ether oxygens (including phenoxy) is 2. The fourth-order valence-electron chi connectivity index (χ4n) is 4.35. The molecule has 2 aliphatic rings. The summed E-state index contributed by atoms with van der Waals surface area (Å²) in [6.07, 6.45) is -3.58. The van der Waals surface area contributed by atoms with Crippen molar-refractivity contribution in [1.82, 2.24) is 19.9 Å². The molecule has 0 radical (unpaired) electrons. The number of hydrogen-bond acceptors (Lipinski definition) is 7. The number of para-hydroxylation sites is 1. The summed E-state index contributed by atoms with van der Waals surface area (Å²) in [6, 6.07) is 8.13. The van der Waals surface area contributed by atoms with Crippen molar-refractivity contribution in [2.75, 3.05) is 38.2 Å². The molecule has 2 aliphatic heterocycles. The van der Waals surface area contributed by atoms with Crippen LogP contribution in [0.5, 0.6) is 5.75 Å². The number of aromatic nitrogens is 3. The molecule has 0 spiro atoms. The molecule has 170 valence electrons. The lowest BCUT2D eigenvalue weighted by atomic mass is 9.94. The van der Waals surface area contributed by atoms with Crippen molar-refractivity contribution in [1.29, 1.82) is 0 Å². The Bertz CT molecular complexity index is 1110. The first-order valence-electron chi connectivity index (χ1n) is 10.3. The Kier molecular flexibility index (Phi) is 5.39. The third-order valence-corrected chi connectivity index (χ3v) is 5.91. The molecular weight excluding hydrogens is 427 g/mol. The molecule has 8 nitrogen and oxygen atoms in total. The van der Waals surface area contributed by atoms with Gasteiger partial charge in [-0.15, -0.1) is 0 Å². The lowest BCUT2D eigenvalue weighted by Crippen LogP contribution is -2.55. The number of benzene rings is 1. The van der Waals surface area contributed by atoms with Gasteiger partial charge in [-0.05, 0) is 12.1 Å². The highest BCUT2D eigenvalue weighted by Gasteiger charge is 2.38. The predicted molar refractivity (Wildman–Crippen MR) is 109 cm³/mol. The van der Waals surface area contributed by atoms with Crippen LogP contribution in [0.2, 0.25) is 0 Å². The van der Waals surface area contributed by atoms with E-state index in [1.807, 2.05) is 24.3 Å². The van der Waals surface area contributed by atoms with Crippen LogP contribution in [0.15, 0.2) is 36.7 Å². The van der Waals surface area contributed by atoms with Crippen molar-refractivity contribution in [3.05, 3.63) is 47.9 Å². The van der Waals surface area contributed by atoms with Gasteiger partial charge in [0.05, 0.1) is 36.8 Å². The summed E-state index contributed by atoms with van der Waals surface area (Å²) in [5.74, 6) is 1.02. The van der Waals surface area contributed by atoms with Crippen molar-refractivity contribution >= 4 is 16.9 Å². The maximum atomic E-state index is 13.2. The summed E-state index contributed by atoms with van der Waals surface area (Å²) >= 11 is 0. The first-order valence-corrected chi connectivity index (χ1v) is 10.3. The summed E-state index contributed by atoms with van der Waals surface area (Å²) in [4.78, 5) is 12.7. The SMILES string of the molecule is OCC1CN(C2COc3ccccc3C2Nc2ncnc3[nH]c(C(F)(F)F)cc23)CCO1. The lowest BCUT2D eigenvalue weighted by molar-refractivity contribution is -0.140. The average Bonchev–Trinajstić information content (AvgIpc) is 3.25. The topological polar surface area (TPSA) is 95.5 Å². The first kappa shape index (κ1) is 21.0. The van der Waals surface area contributed by atoms with E-state index >= 15 is 0 Å². The van der Waals surface area contributed by atoms with Crippen LogP contribution in [-0.2, 0) is 10.9 Å². The minimum Gasteiger partial charge on any atom is -0.491 e. The molecule has 0 aliphatic carbocycles. The number of morpholine rings is 1. The van der Waals surface area contributed by atoms with Crippen molar-refractivity contribution in [3.8, 4) is 5.75 Å². The zero-order valence-electron chi connectivity index (χ0n) is 17.0. The van der Waals surface area contributed by atoms with Crippen LogP contribution in [0.1, 0.15) is 17.3 Å². The quantitative estimate of drug-likeness (QED) is 0.564. The van der Waals surface area contributed by atoms with E-state index in [0.29, 0.717) is 37.9 Å². The Labute approximate surface area is 181 Å². The summed E-state index contributed by atoms with van der Waals surface area (Å²) in [7, 11) is 0. The minimum atomic E-state index is -4.51. The van der Waals surface area contributed by atoms with Gasteiger partial charge in [-0.3, -0.25) is 4.90 Å². The monoisotopic (exact) mass is 449 g/mol. The fraction of sp³-hybridized carbons (Fsp3) is 0.429. The molecule has 11 heteroatoms. The van der Waals surface area contributed by atoms with Gasteiger partial charge in [0.25, 0.3) is 0 Å². The largest absolute Gasteiger partial charge is 0.491 e. The van der Waals surface area contributed by atoms with Crippen molar-refractivity contribution in [3.63, 3.8) is 0 Å². The molecule has 3 atom stereocenters. The maximum absolute atomic E-state index is 13.2. The molecule has 3 aromatic rings. The Morgan fingerprint density at radius 3 is 2.91 bits per heavy atom. The van der Waals surface area contributed by atoms with Crippen molar-refractivity contribution < 1.29 is 27.8 Å². The Morgan fingerprint density at radius 1 is 1.25 bits per heavy atom. The number of aliphatic hydroxyl groups is 1. The highest BCUT2D eigenvalue weighted by Crippen LogP contribution is 2.38. The summed E-state index contributed by atoms with van der Waals surface area (Å²) in [5, 5.41) is 13.2. The number of fused-ring (bicyclic) bond motifs is 2. The van der Waals surface area contributed by atoms with E-state index in [1.165, 1.54) is 6.33 Å². The van der Waals surface area contributed by atoms with Gasteiger partial charge in [0.15, 0.2) is 0 Å². The fourth-order valence-corrected chi connectivity index (χ4v) is 4.35. The van der Waals surface area contributed by atoms with E-state index in [9.17, 15) is 18.3 Å². The Morgan fingerprint density at radius 2 is 2.09 bits per heavy atom. The van der Waals surface area contributed by atoms with Crippen LogP contribution in [0.25, 0.3) is 11.0 Å².